The number of aliphatic hydroxyl groups is 1. The van der Waals surface area contributed by atoms with E-state index < -0.39 is 6.10 Å². The maximum absolute atomic E-state index is 10.0. The first-order valence-electron chi connectivity index (χ1n) is 5.10. The summed E-state index contributed by atoms with van der Waals surface area (Å²) in [6.07, 6.45) is -0.402. The highest BCUT2D eigenvalue weighted by molar-refractivity contribution is 5.85. The maximum Gasteiger partial charge on any atom is 0.0942 e. The van der Waals surface area contributed by atoms with Crippen molar-refractivity contribution in [2.45, 2.75) is 26.0 Å². The molecule has 3 heteroatoms. The van der Waals surface area contributed by atoms with Crippen molar-refractivity contribution in [3.05, 3.63) is 35.9 Å². The van der Waals surface area contributed by atoms with E-state index in [1.807, 2.05) is 44.3 Å². The summed E-state index contributed by atoms with van der Waals surface area (Å²) in [5, 5.41) is 10.0. The minimum absolute atomic E-state index is 0. The van der Waals surface area contributed by atoms with Gasteiger partial charge in [-0.25, -0.2) is 0 Å². The van der Waals surface area contributed by atoms with Gasteiger partial charge in [0.15, 0.2) is 0 Å². The van der Waals surface area contributed by atoms with Crippen LogP contribution in [0.15, 0.2) is 30.3 Å². The van der Waals surface area contributed by atoms with Gasteiger partial charge in [-0.15, -0.1) is 12.4 Å². The van der Waals surface area contributed by atoms with E-state index in [2.05, 4.69) is 11.8 Å². The molecule has 0 aliphatic rings. The van der Waals surface area contributed by atoms with Crippen LogP contribution >= 0.6 is 12.4 Å². The van der Waals surface area contributed by atoms with E-state index in [9.17, 15) is 5.11 Å². The Morgan fingerprint density at radius 3 is 2.27 bits per heavy atom. The summed E-state index contributed by atoms with van der Waals surface area (Å²) >= 11 is 0. The molecule has 1 aromatic carbocycles. The lowest BCUT2D eigenvalue weighted by molar-refractivity contribution is 0.0755. The van der Waals surface area contributed by atoms with E-state index in [-0.39, 0.29) is 18.4 Å². The summed E-state index contributed by atoms with van der Waals surface area (Å²) in [5.74, 6) is 0. The van der Waals surface area contributed by atoms with Crippen molar-refractivity contribution < 1.29 is 5.11 Å². The van der Waals surface area contributed by atoms with Gasteiger partial charge in [0.25, 0.3) is 0 Å². The second kappa shape index (κ2) is 6.83. The van der Waals surface area contributed by atoms with Crippen LogP contribution in [0.3, 0.4) is 0 Å². The Balaban J connectivity index is 0.00000196. The van der Waals surface area contributed by atoms with Gasteiger partial charge in [-0.05, 0) is 26.1 Å². The molecule has 2 atom stereocenters. The van der Waals surface area contributed by atoms with Crippen LogP contribution in [0.2, 0.25) is 0 Å². The Labute approximate surface area is 98.3 Å². The number of aliphatic hydroxyl groups excluding tert-OH is 1. The summed E-state index contributed by atoms with van der Waals surface area (Å²) in [6.45, 7) is 5.08. The standard InChI is InChI=1S/C12H19NO.ClH/c1-4-13(3)10(2)12(14)11-8-6-5-7-9-11;/h5-10,12,14H,4H2,1-3H3;1H. The molecule has 0 spiro atoms. The van der Waals surface area contributed by atoms with Crippen LogP contribution in [0.25, 0.3) is 0 Å². The van der Waals surface area contributed by atoms with Crippen LogP contribution in [-0.4, -0.2) is 29.6 Å². The lowest BCUT2D eigenvalue weighted by Gasteiger charge is -2.27. The van der Waals surface area contributed by atoms with Gasteiger partial charge in [-0.2, -0.15) is 0 Å². The molecule has 1 N–H and O–H groups in total. The highest BCUT2D eigenvalue weighted by atomic mass is 35.5. The van der Waals surface area contributed by atoms with Gasteiger partial charge in [0.2, 0.25) is 0 Å². The predicted octanol–water partition coefficient (Wildman–Crippen LogP) is 2.48. The molecule has 2 nitrogen and oxygen atoms in total. The average molecular weight is 230 g/mol. The molecule has 2 unspecified atom stereocenters. The fourth-order valence-corrected chi connectivity index (χ4v) is 1.46. The molecule has 0 heterocycles. The second-order valence-electron chi connectivity index (χ2n) is 3.67. The molecule has 15 heavy (non-hydrogen) atoms. The quantitative estimate of drug-likeness (QED) is 0.858. The lowest BCUT2D eigenvalue weighted by Crippen LogP contribution is -2.34. The van der Waals surface area contributed by atoms with Gasteiger partial charge >= 0.3 is 0 Å². The number of likely N-dealkylation sites (N-methyl/N-ethyl adjacent to an activating group) is 1. The first-order chi connectivity index (χ1) is 6.66. The van der Waals surface area contributed by atoms with Gasteiger partial charge in [-0.3, -0.25) is 0 Å². The fraction of sp³-hybridized carbons (Fsp3) is 0.500. The number of benzene rings is 1. The second-order valence-corrected chi connectivity index (χ2v) is 3.67. The summed E-state index contributed by atoms with van der Waals surface area (Å²) in [6, 6.07) is 9.95. The zero-order valence-electron chi connectivity index (χ0n) is 9.55. The number of rotatable bonds is 4. The number of halogens is 1. The SMILES string of the molecule is CCN(C)C(C)C(O)c1ccccc1.Cl. The van der Waals surface area contributed by atoms with Crippen molar-refractivity contribution in [1.82, 2.24) is 4.90 Å². The Bertz CT molecular complexity index is 266. The fourth-order valence-electron chi connectivity index (χ4n) is 1.46. The lowest BCUT2D eigenvalue weighted by atomic mass is 10.0. The first kappa shape index (κ1) is 14.4. The Kier molecular flexibility index (Phi) is 6.57. The molecule has 0 saturated carbocycles. The van der Waals surface area contributed by atoms with E-state index in [0.29, 0.717) is 0 Å². The van der Waals surface area contributed by atoms with E-state index in [1.165, 1.54) is 0 Å². The van der Waals surface area contributed by atoms with Gasteiger partial charge in [0.05, 0.1) is 6.10 Å². The van der Waals surface area contributed by atoms with Crippen molar-refractivity contribution in [3.8, 4) is 0 Å². The summed E-state index contributed by atoms with van der Waals surface area (Å²) < 4.78 is 0. The van der Waals surface area contributed by atoms with Crippen molar-refractivity contribution in [3.63, 3.8) is 0 Å². The zero-order chi connectivity index (χ0) is 10.6. The minimum Gasteiger partial charge on any atom is -0.387 e. The largest absolute Gasteiger partial charge is 0.387 e. The molecule has 0 radical (unpaired) electrons. The third-order valence-corrected chi connectivity index (χ3v) is 2.79. The predicted molar refractivity (Wildman–Crippen MR) is 66.4 cm³/mol. The van der Waals surface area contributed by atoms with Crippen molar-refractivity contribution in [2.75, 3.05) is 13.6 Å². The zero-order valence-corrected chi connectivity index (χ0v) is 10.4. The number of nitrogens with zero attached hydrogens (tertiary/aromatic N) is 1. The Morgan fingerprint density at radius 1 is 1.27 bits per heavy atom. The van der Waals surface area contributed by atoms with E-state index in [4.69, 9.17) is 0 Å². The van der Waals surface area contributed by atoms with Gasteiger partial charge in [0, 0.05) is 6.04 Å². The average Bonchev–Trinajstić information content (AvgIpc) is 2.27. The third-order valence-electron chi connectivity index (χ3n) is 2.79. The van der Waals surface area contributed by atoms with Crippen LogP contribution in [0.4, 0.5) is 0 Å². The molecule has 86 valence electrons. The van der Waals surface area contributed by atoms with Crippen LogP contribution in [0, 0.1) is 0 Å². The number of hydrogen-bond acceptors (Lipinski definition) is 2. The molecule has 1 aromatic rings. The normalized spacial score (nSPS) is 14.5. The van der Waals surface area contributed by atoms with Crippen molar-refractivity contribution >= 4 is 12.4 Å². The topological polar surface area (TPSA) is 23.5 Å². The number of hydrogen-bond donors (Lipinski definition) is 1. The Hall–Kier alpha value is -0.570. The molecular formula is C12H20ClNO. The van der Waals surface area contributed by atoms with E-state index in [1.54, 1.807) is 0 Å². The van der Waals surface area contributed by atoms with Gasteiger partial charge in [0.1, 0.15) is 0 Å². The molecule has 0 saturated heterocycles. The first-order valence-corrected chi connectivity index (χ1v) is 5.10. The molecule has 0 fully saturated rings. The highest BCUT2D eigenvalue weighted by Gasteiger charge is 2.18. The minimum atomic E-state index is -0.402. The highest BCUT2D eigenvalue weighted by Crippen LogP contribution is 2.19. The molecule has 1 rings (SSSR count). The summed E-state index contributed by atoms with van der Waals surface area (Å²) in [5.41, 5.74) is 0.986. The molecule has 0 aliphatic carbocycles. The summed E-state index contributed by atoms with van der Waals surface area (Å²) in [7, 11) is 2.02. The van der Waals surface area contributed by atoms with Gasteiger partial charge in [-0.1, -0.05) is 37.3 Å². The van der Waals surface area contributed by atoms with Crippen LogP contribution in [0.5, 0.6) is 0 Å². The van der Waals surface area contributed by atoms with Crippen LogP contribution in [0.1, 0.15) is 25.5 Å². The summed E-state index contributed by atoms with van der Waals surface area (Å²) in [4.78, 5) is 2.14. The maximum atomic E-state index is 10.0. The van der Waals surface area contributed by atoms with Gasteiger partial charge < -0.3 is 10.0 Å². The van der Waals surface area contributed by atoms with Crippen molar-refractivity contribution in [1.29, 1.82) is 0 Å². The van der Waals surface area contributed by atoms with E-state index >= 15 is 0 Å². The molecule has 0 aliphatic heterocycles. The molecule has 0 amide bonds. The van der Waals surface area contributed by atoms with Crippen LogP contribution in [-0.2, 0) is 0 Å². The molecule has 0 aromatic heterocycles. The smallest absolute Gasteiger partial charge is 0.0942 e. The molecule has 0 bridgehead atoms. The third kappa shape index (κ3) is 3.82. The monoisotopic (exact) mass is 229 g/mol. The van der Waals surface area contributed by atoms with Crippen LogP contribution < -0.4 is 0 Å². The van der Waals surface area contributed by atoms with E-state index in [0.717, 1.165) is 12.1 Å². The van der Waals surface area contributed by atoms with Crippen molar-refractivity contribution in [2.24, 2.45) is 0 Å². The Morgan fingerprint density at radius 2 is 1.80 bits per heavy atom. The molecular weight excluding hydrogens is 210 g/mol.